The monoisotopic (exact) mass is 240 g/mol. The highest BCUT2D eigenvalue weighted by Gasteiger charge is 2.03. The van der Waals surface area contributed by atoms with Crippen LogP contribution in [0.2, 0.25) is 0 Å². The molecule has 0 aliphatic heterocycles. The van der Waals surface area contributed by atoms with Gasteiger partial charge >= 0.3 is 0 Å². The van der Waals surface area contributed by atoms with Gasteiger partial charge in [0.05, 0.1) is 0 Å². The van der Waals surface area contributed by atoms with Crippen molar-refractivity contribution in [2.75, 3.05) is 26.2 Å². The summed E-state index contributed by atoms with van der Waals surface area (Å²) in [6.45, 7) is 12.3. The standard InChI is InChI=1S/C13H24N2S/c1-4-15(8-7-14-10-12(2)3)11-13-6-5-9-16-13/h5-6,9,12,14H,4,7-8,10-11H2,1-3H3. The molecule has 1 aromatic rings. The summed E-state index contributed by atoms with van der Waals surface area (Å²) in [7, 11) is 0. The maximum absolute atomic E-state index is 3.49. The predicted octanol–water partition coefficient (Wildman–Crippen LogP) is 2.82. The van der Waals surface area contributed by atoms with Crippen LogP contribution < -0.4 is 5.32 Å². The summed E-state index contributed by atoms with van der Waals surface area (Å²) >= 11 is 1.85. The van der Waals surface area contributed by atoms with E-state index >= 15 is 0 Å². The molecule has 1 heterocycles. The molecule has 1 aromatic heterocycles. The largest absolute Gasteiger partial charge is 0.315 e. The highest BCUT2D eigenvalue weighted by atomic mass is 32.1. The smallest absolute Gasteiger partial charge is 0.0328 e. The van der Waals surface area contributed by atoms with Gasteiger partial charge in [0.2, 0.25) is 0 Å². The van der Waals surface area contributed by atoms with E-state index in [9.17, 15) is 0 Å². The summed E-state index contributed by atoms with van der Waals surface area (Å²) in [5.74, 6) is 0.743. The first kappa shape index (κ1) is 13.7. The Morgan fingerprint density at radius 3 is 2.81 bits per heavy atom. The second-order valence-electron chi connectivity index (χ2n) is 4.55. The fraction of sp³-hybridized carbons (Fsp3) is 0.692. The topological polar surface area (TPSA) is 15.3 Å². The van der Waals surface area contributed by atoms with Crippen LogP contribution in [-0.4, -0.2) is 31.1 Å². The van der Waals surface area contributed by atoms with Crippen LogP contribution in [0.1, 0.15) is 25.6 Å². The van der Waals surface area contributed by atoms with E-state index in [2.05, 4.69) is 48.5 Å². The van der Waals surface area contributed by atoms with Crippen LogP contribution in [0.3, 0.4) is 0 Å². The third-order valence-corrected chi connectivity index (χ3v) is 3.43. The molecule has 0 aromatic carbocycles. The van der Waals surface area contributed by atoms with Gasteiger partial charge in [-0.1, -0.05) is 26.8 Å². The van der Waals surface area contributed by atoms with Crippen molar-refractivity contribution in [3.63, 3.8) is 0 Å². The lowest BCUT2D eigenvalue weighted by molar-refractivity contribution is 0.280. The highest BCUT2D eigenvalue weighted by Crippen LogP contribution is 2.11. The van der Waals surface area contributed by atoms with Gasteiger partial charge < -0.3 is 5.32 Å². The Labute approximate surface area is 104 Å². The summed E-state index contributed by atoms with van der Waals surface area (Å²) in [4.78, 5) is 3.95. The zero-order chi connectivity index (χ0) is 11.8. The molecule has 0 spiro atoms. The van der Waals surface area contributed by atoms with E-state index in [1.165, 1.54) is 4.88 Å². The lowest BCUT2D eigenvalue weighted by Crippen LogP contribution is -2.32. The van der Waals surface area contributed by atoms with Crippen LogP contribution in [0, 0.1) is 5.92 Å². The molecule has 0 bridgehead atoms. The van der Waals surface area contributed by atoms with Crippen molar-refractivity contribution >= 4 is 11.3 Å². The maximum atomic E-state index is 3.49. The van der Waals surface area contributed by atoms with Gasteiger partial charge in [0.1, 0.15) is 0 Å². The summed E-state index contributed by atoms with van der Waals surface area (Å²) in [5.41, 5.74) is 0. The quantitative estimate of drug-likeness (QED) is 0.703. The lowest BCUT2D eigenvalue weighted by atomic mass is 10.2. The molecule has 0 atom stereocenters. The highest BCUT2D eigenvalue weighted by molar-refractivity contribution is 7.09. The van der Waals surface area contributed by atoms with Gasteiger partial charge in [-0.2, -0.15) is 0 Å². The van der Waals surface area contributed by atoms with E-state index in [1.54, 1.807) is 0 Å². The average molecular weight is 240 g/mol. The number of rotatable bonds is 8. The Morgan fingerprint density at radius 1 is 1.44 bits per heavy atom. The Morgan fingerprint density at radius 2 is 2.25 bits per heavy atom. The molecule has 0 aliphatic carbocycles. The Hall–Kier alpha value is -0.380. The van der Waals surface area contributed by atoms with Crippen LogP contribution in [-0.2, 0) is 6.54 Å². The molecule has 1 rings (SSSR count). The number of nitrogens with one attached hydrogen (secondary N) is 1. The molecular weight excluding hydrogens is 216 g/mol. The number of likely N-dealkylation sites (N-methyl/N-ethyl adjacent to an activating group) is 1. The molecule has 0 saturated carbocycles. The molecule has 0 unspecified atom stereocenters. The van der Waals surface area contributed by atoms with Crippen molar-refractivity contribution < 1.29 is 0 Å². The normalized spacial score (nSPS) is 11.6. The van der Waals surface area contributed by atoms with Crippen LogP contribution >= 0.6 is 11.3 Å². The van der Waals surface area contributed by atoms with Crippen molar-refractivity contribution in [3.05, 3.63) is 22.4 Å². The third-order valence-electron chi connectivity index (χ3n) is 2.56. The zero-order valence-corrected chi connectivity index (χ0v) is 11.5. The number of hydrogen-bond acceptors (Lipinski definition) is 3. The fourth-order valence-electron chi connectivity index (χ4n) is 1.60. The molecule has 2 nitrogen and oxygen atoms in total. The van der Waals surface area contributed by atoms with Crippen LogP contribution in [0.5, 0.6) is 0 Å². The van der Waals surface area contributed by atoms with E-state index in [0.29, 0.717) is 0 Å². The van der Waals surface area contributed by atoms with E-state index in [-0.39, 0.29) is 0 Å². The Balaban J connectivity index is 2.17. The summed E-state index contributed by atoms with van der Waals surface area (Å²) < 4.78 is 0. The fourth-order valence-corrected chi connectivity index (χ4v) is 2.35. The van der Waals surface area contributed by atoms with Gasteiger partial charge in [-0.25, -0.2) is 0 Å². The minimum absolute atomic E-state index is 0.743. The zero-order valence-electron chi connectivity index (χ0n) is 10.7. The first-order valence-corrected chi connectivity index (χ1v) is 7.05. The molecule has 16 heavy (non-hydrogen) atoms. The first-order chi connectivity index (χ1) is 7.72. The number of hydrogen-bond donors (Lipinski definition) is 1. The van der Waals surface area contributed by atoms with Gasteiger partial charge in [0, 0.05) is 24.5 Å². The Kier molecular flexibility index (Phi) is 6.69. The first-order valence-electron chi connectivity index (χ1n) is 6.17. The second kappa shape index (κ2) is 7.82. The van der Waals surface area contributed by atoms with Gasteiger partial charge in [0.15, 0.2) is 0 Å². The maximum Gasteiger partial charge on any atom is 0.0328 e. The van der Waals surface area contributed by atoms with E-state index in [1.807, 2.05) is 11.3 Å². The molecule has 0 fully saturated rings. The SMILES string of the molecule is CCN(CCNCC(C)C)Cc1cccs1. The molecule has 0 saturated heterocycles. The van der Waals surface area contributed by atoms with Crippen molar-refractivity contribution in [1.29, 1.82) is 0 Å². The molecule has 92 valence electrons. The molecule has 1 N–H and O–H groups in total. The third kappa shape index (κ3) is 5.64. The van der Waals surface area contributed by atoms with Crippen molar-refractivity contribution in [2.45, 2.75) is 27.3 Å². The summed E-state index contributed by atoms with van der Waals surface area (Å²) in [5, 5.41) is 5.64. The van der Waals surface area contributed by atoms with Gasteiger partial charge in [-0.05, 0) is 30.5 Å². The van der Waals surface area contributed by atoms with Crippen LogP contribution in [0.4, 0.5) is 0 Å². The van der Waals surface area contributed by atoms with E-state index in [4.69, 9.17) is 0 Å². The number of thiophene rings is 1. The van der Waals surface area contributed by atoms with Gasteiger partial charge in [-0.15, -0.1) is 11.3 Å². The molecule has 3 heteroatoms. The van der Waals surface area contributed by atoms with Crippen LogP contribution in [0.15, 0.2) is 17.5 Å². The molecule has 0 amide bonds. The Bertz CT molecular complexity index is 257. The predicted molar refractivity (Wildman–Crippen MR) is 73.0 cm³/mol. The average Bonchev–Trinajstić information content (AvgIpc) is 2.75. The summed E-state index contributed by atoms with van der Waals surface area (Å²) in [6.07, 6.45) is 0. The molecule has 0 aliphatic rings. The van der Waals surface area contributed by atoms with Crippen molar-refractivity contribution in [2.24, 2.45) is 5.92 Å². The lowest BCUT2D eigenvalue weighted by Gasteiger charge is -2.20. The minimum atomic E-state index is 0.743. The van der Waals surface area contributed by atoms with Crippen LogP contribution in [0.25, 0.3) is 0 Å². The summed E-state index contributed by atoms with van der Waals surface area (Å²) in [6, 6.07) is 4.35. The van der Waals surface area contributed by atoms with E-state index in [0.717, 1.165) is 38.6 Å². The minimum Gasteiger partial charge on any atom is -0.315 e. The van der Waals surface area contributed by atoms with Crippen molar-refractivity contribution in [3.8, 4) is 0 Å². The molecule has 0 radical (unpaired) electrons. The number of nitrogens with zero attached hydrogens (tertiary/aromatic N) is 1. The van der Waals surface area contributed by atoms with Gasteiger partial charge in [-0.3, -0.25) is 4.90 Å². The van der Waals surface area contributed by atoms with E-state index < -0.39 is 0 Å². The van der Waals surface area contributed by atoms with Crippen molar-refractivity contribution in [1.82, 2.24) is 10.2 Å². The second-order valence-corrected chi connectivity index (χ2v) is 5.58. The van der Waals surface area contributed by atoms with Gasteiger partial charge in [0.25, 0.3) is 0 Å². The molecular formula is C13H24N2S.